The fraction of sp³-hybridized carbons (Fsp3) is 0.412. The van der Waals surface area contributed by atoms with Gasteiger partial charge in [0.25, 0.3) is 15.9 Å². The fourth-order valence-electron chi connectivity index (χ4n) is 6.69. The second-order valence-corrected chi connectivity index (χ2v) is 13.9. The molecule has 5 rings (SSSR count). The lowest BCUT2D eigenvalue weighted by Crippen LogP contribution is -2.59. The van der Waals surface area contributed by atoms with Crippen molar-refractivity contribution in [2.75, 3.05) is 52.3 Å². The Labute approximate surface area is 276 Å². The molecule has 12 heteroatoms. The Morgan fingerprint density at radius 3 is 2.28 bits per heavy atom. The number of methoxy groups -OCH3 is 2. The number of hydrogen-bond acceptors (Lipinski definition) is 8. The van der Waals surface area contributed by atoms with Crippen LogP contribution in [0.1, 0.15) is 43.4 Å². The number of likely N-dealkylation sites (N-methyl/N-ethyl adjacent to an activating group) is 1. The number of carbonyl (C=O) groups excluding carboxylic acids is 2. The van der Waals surface area contributed by atoms with Crippen molar-refractivity contribution in [2.24, 2.45) is 0 Å². The quantitative estimate of drug-likeness (QED) is 0.289. The number of nitrogens with zero attached hydrogens (tertiary/aromatic N) is 4. The van der Waals surface area contributed by atoms with E-state index < -0.39 is 27.5 Å². The zero-order valence-corrected chi connectivity index (χ0v) is 28.7. The lowest BCUT2D eigenvalue weighted by molar-refractivity contribution is -0.138. The number of fused-ring (bicyclic) bond motifs is 1. The Kier molecular flexibility index (Phi) is 9.70. The summed E-state index contributed by atoms with van der Waals surface area (Å²) in [5.41, 5.74) is 0.211. The molecule has 2 amide bonds. The molecule has 1 fully saturated rings. The highest BCUT2D eigenvalue weighted by molar-refractivity contribution is 7.93. The molecule has 0 aliphatic carbocycles. The van der Waals surface area contributed by atoms with E-state index in [9.17, 15) is 13.2 Å². The molecule has 3 aromatic carbocycles. The molecule has 46 heavy (non-hydrogen) atoms. The number of amides is 2. The van der Waals surface area contributed by atoms with Crippen LogP contribution in [0.4, 0.5) is 5.69 Å². The normalized spacial score (nSPS) is 19.9. The van der Waals surface area contributed by atoms with Gasteiger partial charge in [0.05, 0.1) is 30.8 Å². The second-order valence-electron chi connectivity index (χ2n) is 11.7. The summed E-state index contributed by atoms with van der Waals surface area (Å²) in [5, 5.41) is 0.325. The van der Waals surface area contributed by atoms with Crippen LogP contribution in [0.25, 0.3) is 0 Å². The van der Waals surface area contributed by atoms with Gasteiger partial charge in [-0.15, -0.1) is 0 Å². The molecule has 2 aliphatic rings. The van der Waals surface area contributed by atoms with E-state index in [-0.39, 0.29) is 16.5 Å². The number of benzene rings is 3. The van der Waals surface area contributed by atoms with Gasteiger partial charge in [-0.3, -0.25) is 19.4 Å². The molecule has 0 saturated carbocycles. The molecule has 2 heterocycles. The minimum absolute atomic E-state index is 0.0813. The third-order valence-corrected chi connectivity index (χ3v) is 11.0. The van der Waals surface area contributed by atoms with Gasteiger partial charge < -0.3 is 14.4 Å². The maximum absolute atomic E-state index is 15.3. The Morgan fingerprint density at radius 1 is 0.978 bits per heavy atom. The molecule has 0 aromatic heterocycles. The molecule has 2 atom stereocenters. The Bertz CT molecular complexity index is 1730. The number of halogens is 1. The summed E-state index contributed by atoms with van der Waals surface area (Å²) in [6.45, 7) is 6.92. The van der Waals surface area contributed by atoms with Crippen LogP contribution < -0.4 is 13.8 Å². The summed E-state index contributed by atoms with van der Waals surface area (Å²) in [4.78, 5) is 34.6. The third kappa shape index (κ3) is 5.53. The largest absolute Gasteiger partial charge is 0.497 e. The number of sulfonamides is 1. The van der Waals surface area contributed by atoms with Crippen molar-refractivity contribution in [2.45, 2.75) is 49.7 Å². The summed E-state index contributed by atoms with van der Waals surface area (Å²) in [5.74, 6) is -0.0175. The minimum atomic E-state index is -4.44. The minimum Gasteiger partial charge on any atom is -0.497 e. The van der Waals surface area contributed by atoms with E-state index in [4.69, 9.17) is 21.1 Å². The highest BCUT2D eigenvalue weighted by Crippen LogP contribution is 2.55. The van der Waals surface area contributed by atoms with Crippen LogP contribution in [-0.4, -0.2) is 88.9 Å². The highest BCUT2D eigenvalue weighted by atomic mass is 35.5. The summed E-state index contributed by atoms with van der Waals surface area (Å²) >= 11 is 6.62. The molecule has 0 bridgehead atoms. The lowest BCUT2D eigenvalue weighted by Gasteiger charge is -2.42. The van der Waals surface area contributed by atoms with Crippen molar-refractivity contribution >= 4 is 39.1 Å². The maximum Gasteiger partial charge on any atom is 0.271 e. The van der Waals surface area contributed by atoms with Crippen molar-refractivity contribution in [1.29, 1.82) is 0 Å². The molecule has 1 saturated heterocycles. The van der Waals surface area contributed by atoms with Crippen molar-refractivity contribution < 1.29 is 27.5 Å². The molecule has 246 valence electrons. The molecule has 10 nitrogen and oxygen atoms in total. The van der Waals surface area contributed by atoms with Crippen LogP contribution in [0.15, 0.2) is 65.6 Å². The van der Waals surface area contributed by atoms with E-state index in [1.165, 1.54) is 43.4 Å². The van der Waals surface area contributed by atoms with Crippen LogP contribution in [0, 0.1) is 0 Å². The van der Waals surface area contributed by atoms with Gasteiger partial charge in [0.1, 0.15) is 11.5 Å². The van der Waals surface area contributed by atoms with E-state index in [1.807, 2.05) is 23.1 Å². The highest BCUT2D eigenvalue weighted by Gasteiger charge is 2.63. The molecule has 1 unspecified atom stereocenters. The average molecular weight is 669 g/mol. The van der Waals surface area contributed by atoms with Crippen molar-refractivity contribution in [3.05, 3.63) is 82.4 Å². The van der Waals surface area contributed by atoms with Crippen molar-refractivity contribution in [1.82, 2.24) is 14.7 Å². The first-order chi connectivity index (χ1) is 21.9. The topological polar surface area (TPSA) is 99.7 Å². The predicted molar refractivity (Wildman–Crippen MR) is 178 cm³/mol. The summed E-state index contributed by atoms with van der Waals surface area (Å²) in [7, 11) is 1.94. The van der Waals surface area contributed by atoms with Gasteiger partial charge in [-0.05, 0) is 80.0 Å². The van der Waals surface area contributed by atoms with E-state index in [0.717, 1.165) is 23.0 Å². The standard InChI is InChI=1S/C34H41ClN4O6S/c1-7-37(8-2)22-23-11-17-27(31(20-23)45-6)34(38-19-9-10-30(38)32(40)36(3)4)28-21-24(35)12-18-29(28)39(33(34)41)46(42,43)26-15-13-25(44-5)14-16-26/h11-18,20-21,30H,7-10,19,22H2,1-6H3/t30-,34?/m0/s1. The number of hydrogen-bond donors (Lipinski definition) is 0. The first kappa shape index (κ1) is 33.7. The average Bonchev–Trinajstić information content (AvgIpc) is 3.64. The predicted octanol–water partition coefficient (Wildman–Crippen LogP) is 4.73. The molecule has 0 N–H and O–H groups in total. The van der Waals surface area contributed by atoms with E-state index in [0.29, 0.717) is 53.6 Å². The Morgan fingerprint density at radius 2 is 1.67 bits per heavy atom. The van der Waals surface area contributed by atoms with Crippen LogP contribution >= 0.6 is 11.6 Å². The zero-order valence-electron chi connectivity index (χ0n) is 27.1. The first-order valence-corrected chi connectivity index (χ1v) is 17.2. The molecule has 0 radical (unpaired) electrons. The number of anilines is 1. The van der Waals surface area contributed by atoms with Crippen LogP contribution in [0.2, 0.25) is 5.02 Å². The van der Waals surface area contributed by atoms with Gasteiger partial charge in [0.15, 0.2) is 5.54 Å². The van der Waals surface area contributed by atoms with Gasteiger partial charge in [0, 0.05) is 43.3 Å². The number of likely N-dealkylation sites (tertiary alicyclic amines) is 1. The van der Waals surface area contributed by atoms with Crippen molar-refractivity contribution in [3.8, 4) is 11.5 Å². The van der Waals surface area contributed by atoms with E-state index in [1.54, 1.807) is 32.3 Å². The van der Waals surface area contributed by atoms with Gasteiger partial charge in [0.2, 0.25) is 5.91 Å². The SMILES string of the molecule is CCN(CC)Cc1ccc(C2(N3CCC[C@H]3C(=O)N(C)C)C(=O)N(S(=O)(=O)c3ccc(OC)cc3)c3ccc(Cl)cc32)c(OC)c1. The smallest absolute Gasteiger partial charge is 0.271 e. The first-order valence-electron chi connectivity index (χ1n) is 15.4. The van der Waals surface area contributed by atoms with Crippen molar-refractivity contribution in [3.63, 3.8) is 0 Å². The maximum atomic E-state index is 15.3. The Hall–Kier alpha value is -3.64. The molecule has 3 aromatic rings. The Balaban J connectivity index is 1.81. The molecular weight excluding hydrogens is 628 g/mol. The van der Waals surface area contributed by atoms with Crippen LogP contribution in [0.3, 0.4) is 0 Å². The second kappa shape index (κ2) is 13.2. The van der Waals surface area contributed by atoms with Gasteiger partial charge in [-0.25, -0.2) is 12.7 Å². The monoisotopic (exact) mass is 668 g/mol. The summed E-state index contributed by atoms with van der Waals surface area (Å²) < 4.78 is 41.0. The van der Waals surface area contributed by atoms with Gasteiger partial charge in [-0.1, -0.05) is 37.6 Å². The lowest BCUT2D eigenvalue weighted by atomic mass is 9.80. The molecule has 0 spiro atoms. The molecular formula is C34H41ClN4O6S. The zero-order chi connectivity index (χ0) is 33.4. The number of ether oxygens (including phenoxy) is 2. The van der Waals surface area contributed by atoms with E-state index >= 15 is 4.79 Å². The summed E-state index contributed by atoms with van der Waals surface area (Å²) in [6.07, 6.45) is 1.12. The fourth-order valence-corrected chi connectivity index (χ4v) is 8.32. The third-order valence-electron chi connectivity index (χ3n) is 9.02. The summed E-state index contributed by atoms with van der Waals surface area (Å²) in [6, 6.07) is 15.6. The molecule has 2 aliphatic heterocycles. The number of carbonyl (C=O) groups is 2. The van der Waals surface area contributed by atoms with E-state index in [2.05, 4.69) is 18.7 Å². The van der Waals surface area contributed by atoms with Crippen LogP contribution in [0.5, 0.6) is 11.5 Å². The van der Waals surface area contributed by atoms with Crippen LogP contribution in [-0.2, 0) is 31.7 Å². The van der Waals surface area contributed by atoms with Gasteiger partial charge >= 0.3 is 0 Å². The van der Waals surface area contributed by atoms with Gasteiger partial charge in [-0.2, -0.15) is 0 Å². The number of rotatable bonds is 11.